The quantitative estimate of drug-likeness (QED) is 0.246. The predicted molar refractivity (Wildman–Crippen MR) is 59.9 cm³/mol. The Kier molecular flexibility index (Phi) is 6.01. The zero-order valence-corrected chi connectivity index (χ0v) is 11.0. The summed E-state index contributed by atoms with van der Waals surface area (Å²) < 4.78 is 19.4. The molecule has 0 aliphatic carbocycles. The average molecular weight is 317 g/mol. The smallest absolute Gasteiger partial charge is 0.388 e. The molecule has 1 saturated heterocycles. The Labute approximate surface area is 113 Å². The summed E-state index contributed by atoms with van der Waals surface area (Å²) in [7, 11) is -4.80. The number of rotatable bonds is 5. The maximum absolute atomic E-state index is 11.0. The molecule has 0 saturated carbocycles. The van der Waals surface area contributed by atoms with Gasteiger partial charge in [0.15, 0.2) is 6.29 Å². The predicted octanol–water partition coefficient (Wildman–Crippen LogP) is -3.99. The first-order chi connectivity index (χ1) is 9.15. The van der Waals surface area contributed by atoms with Crippen LogP contribution in [0.25, 0.3) is 0 Å². The van der Waals surface area contributed by atoms with E-state index in [1.807, 2.05) is 5.32 Å². The molecule has 1 amide bonds. The molecule has 0 bridgehead atoms. The summed E-state index contributed by atoms with van der Waals surface area (Å²) in [5.41, 5.74) is 0. The summed E-state index contributed by atoms with van der Waals surface area (Å²) in [5.74, 6) is -0.909. The van der Waals surface area contributed by atoms with E-state index in [-0.39, 0.29) is 0 Å². The second kappa shape index (κ2) is 6.89. The maximum Gasteiger partial charge on any atom is 0.469 e. The van der Waals surface area contributed by atoms with Gasteiger partial charge < -0.3 is 40.3 Å². The molecule has 0 radical (unpaired) electrons. The van der Waals surface area contributed by atoms with Crippen molar-refractivity contribution < 1.29 is 48.8 Å². The third kappa shape index (κ3) is 4.74. The number of carbonyl (C=O) groups excluding carboxylic acids is 1. The molecule has 118 valence electrons. The first kappa shape index (κ1) is 17.4. The molecule has 20 heavy (non-hydrogen) atoms. The van der Waals surface area contributed by atoms with Gasteiger partial charge in [0.25, 0.3) is 0 Å². The Morgan fingerprint density at radius 1 is 1.25 bits per heavy atom. The van der Waals surface area contributed by atoms with Crippen molar-refractivity contribution >= 4 is 13.7 Å². The van der Waals surface area contributed by atoms with E-state index in [0.29, 0.717) is 0 Å². The third-order valence-corrected chi connectivity index (χ3v) is 3.08. The first-order valence-corrected chi connectivity index (χ1v) is 6.98. The minimum Gasteiger partial charge on any atom is -0.388 e. The molecule has 1 aliphatic rings. The van der Waals surface area contributed by atoms with Crippen LogP contribution >= 0.6 is 7.82 Å². The molecular weight excluding hydrogens is 301 g/mol. The molecular formula is C8H16NO10P. The number of ether oxygens (including phenoxy) is 1. The molecule has 5 atom stereocenters. The number of nitrogens with one attached hydrogen (secondary N) is 1. The van der Waals surface area contributed by atoms with Crippen molar-refractivity contribution in [3.05, 3.63) is 0 Å². The van der Waals surface area contributed by atoms with Gasteiger partial charge >= 0.3 is 7.82 Å². The molecule has 0 spiro atoms. The first-order valence-electron chi connectivity index (χ1n) is 5.45. The van der Waals surface area contributed by atoms with Crippen LogP contribution in [0.15, 0.2) is 0 Å². The van der Waals surface area contributed by atoms with E-state index in [1.165, 1.54) is 0 Å². The average Bonchev–Trinajstić information content (AvgIpc) is 2.36. The lowest BCUT2D eigenvalue weighted by Crippen LogP contribution is -2.64. The molecule has 1 aliphatic heterocycles. The number of hydrogen-bond acceptors (Lipinski definition) is 8. The molecule has 7 N–H and O–H groups in total. The van der Waals surface area contributed by atoms with Crippen molar-refractivity contribution in [3.8, 4) is 0 Å². The number of hydrogen-bond donors (Lipinski definition) is 7. The number of aliphatic hydroxyl groups excluding tert-OH is 4. The van der Waals surface area contributed by atoms with Crippen molar-refractivity contribution in [1.29, 1.82) is 0 Å². The highest BCUT2D eigenvalue weighted by atomic mass is 31.2. The molecule has 1 fully saturated rings. The number of phosphoric ester groups is 1. The van der Waals surface area contributed by atoms with E-state index >= 15 is 0 Å². The lowest BCUT2D eigenvalue weighted by Gasteiger charge is -2.40. The Morgan fingerprint density at radius 2 is 1.85 bits per heavy atom. The minimum atomic E-state index is -4.80. The van der Waals surface area contributed by atoms with Crippen molar-refractivity contribution in [3.63, 3.8) is 0 Å². The molecule has 0 aromatic heterocycles. The van der Waals surface area contributed by atoms with Crippen molar-refractivity contribution in [2.45, 2.75) is 30.6 Å². The summed E-state index contributed by atoms with van der Waals surface area (Å²) in [4.78, 5) is 28.0. The molecule has 12 heteroatoms. The van der Waals surface area contributed by atoms with Gasteiger partial charge in [0, 0.05) is 0 Å². The van der Waals surface area contributed by atoms with E-state index in [9.17, 15) is 24.7 Å². The van der Waals surface area contributed by atoms with Crippen molar-refractivity contribution in [2.24, 2.45) is 0 Å². The van der Waals surface area contributed by atoms with Crippen molar-refractivity contribution in [2.75, 3.05) is 13.2 Å². The summed E-state index contributed by atoms with van der Waals surface area (Å²) in [5, 5.41) is 39.5. The maximum atomic E-state index is 11.0. The Balaban J connectivity index is 2.66. The van der Waals surface area contributed by atoms with E-state index in [2.05, 4.69) is 4.52 Å². The van der Waals surface area contributed by atoms with Crippen LogP contribution in [0.5, 0.6) is 0 Å². The van der Waals surface area contributed by atoms with Gasteiger partial charge in [-0.1, -0.05) is 0 Å². The Bertz CT molecular complexity index is 385. The number of carbonyl (C=O) groups is 1. The Morgan fingerprint density at radius 3 is 2.35 bits per heavy atom. The number of aliphatic hydroxyl groups is 4. The van der Waals surface area contributed by atoms with Gasteiger partial charge in [-0.2, -0.15) is 0 Å². The molecule has 1 rings (SSSR count). The van der Waals surface area contributed by atoms with E-state index in [0.717, 1.165) is 0 Å². The SMILES string of the molecule is O=C(CO)N[C@@H]1C(O)O[C@H](COP(=O)(O)O)[C@@H](O)[C@@H]1O. The third-order valence-electron chi connectivity index (χ3n) is 2.60. The van der Waals surface area contributed by atoms with Gasteiger partial charge in [-0.15, -0.1) is 0 Å². The molecule has 1 heterocycles. The minimum absolute atomic E-state index is 0.778. The molecule has 1 unspecified atom stereocenters. The summed E-state index contributed by atoms with van der Waals surface area (Å²) in [6.07, 6.45) is -6.52. The van der Waals surface area contributed by atoms with Crippen LogP contribution in [0, 0.1) is 0 Å². The lowest BCUT2D eigenvalue weighted by molar-refractivity contribution is -0.253. The van der Waals surface area contributed by atoms with Crippen LogP contribution in [-0.4, -0.2) is 80.0 Å². The summed E-state index contributed by atoms with van der Waals surface area (Å²) in [6, 6.07) is -1.41. The number of amides is 1. The fourth-order valence-electron chi connectivity index (χ4n) is 1.64. The van der Waals surface area contributed by atoms with Crippen LogP contribution in [-0.2, 0) is 18.6 Å². The molecule has 0 aromatic rings. The van der Waals surface area contributed by atoms with Gasteiger partial charge in [-0.3, -0.25) is 9.32 Å². The zero-order valence-electron chi connectivity index (χ0n) is 10.1. The topological polar surface area (TPSA) is 186 Å². The Hall–Kier alpha value is -0.620. The highest BCUT2D eigenvalue weighted by molar-refractivity contribution is 7.46. The van der Waals surface area contributed by atoms with Crippen LogP contribution < -0.4 is 5.32 Å². The zero-order chi connectivity index (χ0) is 15.5. The van der Waals surface area contributed by atoms with E-state index < -0.39 is 57.6 Å². The van der Waals surface area contributed by atoms with Crippen LogP contribution in [0.4, 0.5) is 0 Å². The van der Waals surface area contributed by atoms with Gasteiger partial charge in [-0.25, -0.2) is 4.57 Å². The van der Waals surface area contributed by atoms with E-state index in [4.69, 9.17) is 19.6 Å². The van der Waals surface area contributed by atoms with Crippen molar-refractivity contribution in [1.82, 2.24) is 5.32 Å². The van der Waals surface area contributed by atoms with Crippen LogP contribution in [0.3, 0.4) is 0 Å². The van der Waals surface area contributed by atoms with Gasteiger partial charge in [0.2, 0.25) is 5.91 Å². The standard InChI is InChI=1S/C8H16NO10P/c10-1-4(11)9-5-7(13)6(12)3(19-8(5)14)2-18-20(15,16)17/h3,5-8,10,12-14H,1-2H2,(H,9,11)(H2,15,16,17)/t3-,5+,6-,7-,8?/m1/s1. The largest absolute Gasteiger partial charge is 0.469 e. The van der Waals surface area contributed by atoms with Gasteiger partial charge in [0.1, 0.15) is 31.0 Å². The fraction of sp³-hybridized carbons (Fsp3) is 0.875. The number of phosphoric acid groups is 1. The second-order valence-electron chi connectivity index (χ2n) is 4.08. The van der Waals surface area contributed by atoms with E-state index in [1.54, 1.807) is 0 Å². The second-order valence-corrected chi connectivity index (χ2v) is 5.32. The lowest BCUT2D eigenvalue weighted by atomic mass is 9.97. The normalized spacial score (nSPS) is 34.8. The summed E-state index contributed by atoms with van der Waals surface area (Å²) >= 11 is 0. The van der Waals surface area contributed by atoms with Crippen LogP contribution in [0.2, 0.25) is 0 Å². The fourth-order valence-corrected chi connectivity index (χ4v) is 1.98. The highest BCUT2D eigenvalue weighted by Gasteiger charge is 2.45. The van der Waals surface area contributed by atoms with Crippen LogP contribution in [0.1, 0.15) is 0 Å². The monoisotopic (exact) mass is 317 g/mol. The van der Waals surface area contributed by atoms with Gasteiger partial charge in [0.05, 0.1) is 6.61 Å². The highest BCUT2D eigenvalue weighted by Crippen LogP contribution is 2.36. The molecule has 11 nitrogen and oxygen atoms in total. The summed E-state index contributed by atoms with van der Waals surface area (Å²) in [6.45, 7) is -1.67. The molecule has 0 aromatic carbocycles. The van der Waals surface area contributed by atoms with Gasteiger partial charge in [-0.05, 0) is 0 Å².